The summed E-state index contributed by atoms with van der Waals surface area (Å²) in [5.74, 6) is 0.363. The fourth-order valence-corrected chi connectivity index (χ4v) is 2.73. The van der Waals surface area contributed by atoms with E-state index >= 15 is 0 Å². The molecule has 1 aliphatic rings. The van der Waals surface area contributed by atoms with Crippen molar-refractivity contribution in [1.29, 1.82) is 0 Å². The van der Waals surface area contributed by atoms with Crippen molar-refractivity contribution in [1.82, 2.24) is 10.2 Å². The Morgan fingerprint density at radius 1 is 1.31 bits per heavy atom. The van der Waals surface area contributed by atoms with Gasteiger partial charge in [-0.1, -0.05) is 0 Å². The Morgan fingerprint density at radius 2 is 2.00 bits per heavy atom. The van der Waals surface area contributed by atoms with Crippen LogP contribution in [-0.2, 0) is 13.9 Å². The first kappa shape index (κ1) is 14.2. The first-order chi connectivity index (χ1) is 7.58. The largest absolute Gasteiger partial charge is 0.379 e. The highest BCUT2D eigenvalue weighted by Crippen LogP contribution is 2.06. The van der Waals surface area contributed by atoms with Crippen molar-refractivity contribution in [3.05, 3.63) is 0 Å². The first-order valence-corrected chi connectivity index (χ1v) is 8.15. The lowest BCUT2D eigenvalue weighted by Gasteiger charge is -2.26. The smallest absolute Gasteiger partial charge is 0.319 e. The molecule has 2 N–H and O–H groups in total. The van der Waals surface area contributed by atoms with Crippen LogP contribution in [0.1, 0.15) is 0 Å². The zero-order chi connectivity index (χ0) is 11.9. The molecule has 0 radical (unpaired) electrons. The molecule has 1 aliphatic heterocycles. The molecule has 0 aromatic rings. The molecular weight excluding hydrogens is 252 g/mol. The van der Waals surface area contributed by atoms with Gasteiger partial charge in [0.1, 0.15) is 0 Å². The highest BCUT2D eigenvalue weighted by atomic mass is 33.1. The number of ether oxygens (including phenoxy) is 1. The van der Waals surface area contributed by atoms with E-state index in [1.54, 1.807) is 0 Å². The summed E-state index contributed by atoms with van der Waals surface area (Å²) in [5.41, 5.74) is 0. The molecule has 1 heterocycles. The Morgan fingerprint density at radius 3 is 2.62 bits per heavy atom. The molecule has 0 unspecified atom stereocenters. The average molecular weight is 270 g/mol. The van der Waals surface area contributed by atoms with Crippen molar-refractivity contribution in [3.63, 3.8) is 0 Å². The average Bonchev–Trinajstić information content (AvgIpc) is 2.23. The Kier molecular flexibility index (Phi) is 6.62. The summed E-state index contributed by atoms with van der Waals surface area (Å²) >= 11 is 0. The fourth-order valence-electron chi connectivity index (χ4n) is 1.41. The second kappa shape index (κ2) is 7.46. The van der Waals surface area contributed by atoms with E-state index in [4.69, 9.17) is 9.29 Å². The van der Waals surface area contributed by atoms with Crippen molar-refractivity contribution in [2.24, 2.45) is 0 Å². The minimum Gasteiger partial charge on any atom is -0.379 e. The van der Waals surface area contributed by atoms with Gasteiger partial charge in [-0.2, -0.15) is 8.42 Å². The quantitative estimate of drug-likeness (QED) is 0.365. The summed E-state index contributed by atoms with van der Waals surface area (Å²) < 4.78 is 34.4. The van der Waals surface area contributed by atoms with Crippen molar-refractivity contribution >= 4 is 19.9 Å². The molecule has 0 bridgehead atoms. The van der Waals surface area contributed by atoms with Crippen LogP contribution in [0, 0.1) is 0 Å². The number of nitrogens with one attached hydrogen (secondary N) is 1. The predicted octanol–water partition coefficient (Wildman–Crippen LogP) is -0.556. The summed E-state index contributed by atoms with van der Waals surface area (Å²) in [7, 11) is -3.33. The van der Waals surface area contributed by atoms with E-state index in [1.807, 2.05) is 0 Å². The van der Waals surface area contributed by atoms with Gasteiger partial charge >= 0.3 is 9.15 Å². The van der Waals surface area contributed by atoms with Crippen LogP contribution in [0.4, 0.5) is 0 Å². The molecule has 0 atom stereocenters. The summed E-state index contributed by atoms with van der Waals surface area (Å²) in [4.78, 5) is 2.30. The Balaban J connectivity index is 1.91. The predicted molar refractivity (Wildman–Crippen MR) is 64.1 cm³/mol. The number of hydrogen-bond donors (Lipinski definition) is 2. The summed E-state index contributed by atoms with van der Waals surface area (Å²) in [6, 6.07) is 0. The maximum absolute atomic E-state index is 10.4. The second-order valence-corrected chi connectivity index (χ2v) is 6.92. The van der Waals surface area contributed by atoms with Crippen LogP contribution >= 0.6 is 10.8 Å². The van der Waals surface area contributed by atoms with Gasteiger partial charge in [0.2, 0.25) is 0 Å². The molecule has 16 heavy (non-hydrogen) atoms. The van der Waals surface area contributed by atoms with Gasteiger partial charge in [-0.3, -0.25) is 9.45 Å². The standard InChI is InChI=1S/C8H18N2O4S2/c11-16(12,13)15-8-2-9-1-3-10-4-6-14-7-5-10/h9H,1-8H2,(H,11,12,13). The van der Waals surface area contributed by atoms with Crippen molar-refractivity contribution < 1.29 is 17.7 Å². The van der Waals surface area contributed by atoms with Gasteiger partial charge in [0.15, 0.2) is 0 Å². The Labute approximate surface area is 99.9 Å². The highest BCUT2D eigenvalue weighted by molar-refractivity contribution is 8.69. The van der Waals surface area contributed by atoms with Crippen LogP contribution in [0.5, 0.6) is 0 Å². The molecule has 8 heteroatoms. The minimum absolute atomic E-state index is 0.363. The van der Waals surface area contributed by atoms with E-state index in [2.05, 4.69) is 10.2 Å². The van der Waals surface area contributed by atoms with Crippen LogP contribution < -0.4 is 5.32 Å². The van der Waals surface area contributed by atoms with Crippen LogP contribution in [0.25, 0.3) is 0 Å². The minimum atomic E-state index is -3.88. The number of nitrogens with zero attached hydrogens (tertiary/aromatic N) is 1. The molecular formula is C8H18N2O4S2. The van der Waals surface area contributed by atoms with Crippen molar-refractivity contribution in [2.45, 2.75) is 0 Å². The van der Waals surface area contributed by atoms with Gasteiger partial charge in [0.05, 0.1) is 13.2 Å². The zero-order valence-electron chi connectivity index (χ0n) is 9.09. The Hall–Kier alpha value is 0.140. The monoisotopic (exact) mass is 270 g/mol. The van der Waals surface area contributed by atoms with E-state index in [-0.39, 0.29) is 0 Å². The molecule has 0 saturated carbocycles. The summed E-state index contributed by atoms with van der Waals surface area (Å²) in [6.07, 6.45) is 0. The number of morpholine rings is 1. The molecule has 0 aliphatic carbocycles. The molecule has 0 aromatic heterocycles. The molecule has 0 spiro atoms. The number of hydrogen-bond acceptors (Lipinski definition) is 6. The number of rotatable bonds is 7. The summed E-state index contributed by atoms with van der Waals surface area (Å²) in [6.45, 7) is 5.85. The molecule has 0 amide bonds. The normalized spacial score (nSPS) is 18.8. The van der Waals surface area contributed by atoms with Gasteiger partial charge in [-0.15, -0.1) is 0 Å². The molecule has 1 saturated heterocycles. The fraction of sp³-hybridized carbons (Fsp3) is 1.00. The maximum atomic E-state index is 10.4. The second-order valence-electron chi connectivity index (χ2n) is 3.45. The van der Waals surface area contributed by atoms with E-state index < -0.39 is 9.15 Å². The molecule has 96 valence electrons. The third-order valence-electron chi connectivity index (χ3n) is 2.22. The van der Waals surface area contributed by atoms with E-state index in [1.165, 1.54) is 0 Å². The molecule has 0 aromatic carbocycles. The topological polar surface area (TPSA) is 78.9 Å². The molecule has 1 rings (SSSR count). The maximum Gasteiger partial charge on any atom is 0.319 e. The lowest BCUT2D eigenvalue weighted by molar-refractivity contribution is 0.0385. The lowest BCUT2D eigenvalue weighted by Crippen LogP contribution is -2.40. The summed E-state index contributed by atoms with van der Waals surface area (Å²) in [5, 5.41) is 3.13. The highest BCUT2D eigenvalue weighted by Gasteiger charge is 2.09. The third kappa shape index (κ3) is 7.42. The van der Waals surface area contributed by atoms with Crippen LogP contribution in [0.15, 0.2) is 0 Å². The van der Waals surface area contributed by atoms with Gasteiger partial charge < -0.3 is 10.1 Å². The SMILES string of the molecule is O=S(=O)(O)SCCNCCN1CCOCC1. The van der Waals surface area contributed by atoms with Gasteiger partial charge in [0.25, 0.3) is 0 Å². The van der Waals surface area contributed by atoms with Crippen molar-refractivity contribution in [3.8, 4) is 0 Å². The Bertz CT molecular complexity index is 278. The molecule has 6 nitrogen and oxygen atoms in total. The third-order valence-corrected chi connectivity index (χ3v) is 4.28. The van der Waals surface area contributed by atoms with E-state index in [0.717, 1.165) is 39.4 Å². The van der Waals surface area contributed by atoms with Gasteiger partial charge in [-0.25, -0.2) is 0 Å². The van der Waals surface area contributed by atoms with Crippen LogP contribution in [0.3, 0.4) is 0 Å². The van der Waals surface area contributed by atoms with E-state index in [0.29, 0.717) is 23.1 Å². The van der Waals surface area contributed by atoms with Crippen molar-refractivity contribution in [2.75, 3.05) is 51.7 Å². The van der Waals surface area contributed by atoms with Gasteiger partial charge in [-0.05, 0) is 10.8 Å². The van der Waals surface area contributed by atoms with Crippen LogP contribution in [-0.4, -0.2) is 69.6 Å². The van der Waals surface area contributed by atoms with Crippen LogP contribution in [0.2, 0.25) is 0 Å². The van der Waals surface area contributed by atoms with Gasteiger partial charge in [0, 0.05) is 38.5 Å². The lowest BCUT2D eigenvalue weighted by atomic mass is 10.4. The molecule has 1 fully saturated rings. The zero-order valence-corrected chi connectivity index (χ0v) is 10.7. The van der Waals surface area contributed by atoms with E-state index in [9.17, 15) is 8.42 Å². The first-order valence-electron chi connectivity index (χ1n) is 5.20.